The molecular weight excluding hydrogens is 194 g/mol. The van der Waals surface area contributed by atoms with Crippen molar-refractivity contribution in [2.24, 2.45) is 0 Å². The topological polar surface area (TPSA) is 57.0 Å². The molecule has 0 radical (unpaired) electrons. The number of aryl methyl sites for hydroxylation is 1. The number of ketones is 1. The van der Waals surface area contributed by atoms with E-state index in [1.165, 1.54) is 6.20 Å². The monoisotopic (exact) mass is 209 g/mol. The van der Waals surface area contributed by atoms with Crippen LogP contribution in [0.1, 0.15) is 36.7 Å². The Kier molecular flexibility index (Phi) is 3.11. The van der Waals surface area contributed by atoms with E-state index in [0.717, 1.165) is 25.8 Å². The number of Topliss-reactive ketones (excluding diaryl/α,β-unsaturated/α-hetero) is 1. The molecule has 1 aliphatic rings. The van der Waals surface area contributed by atoms with Crippen molar-refractivity contribution in [3.63, 3.8) is 0 Å². The number of nitrogens with zero attached hydrogens (tertiary/aromatic N) is 3. The van der Waals surface area contributed by atoms with Gasteiger partial charge < -0.3 is 4.74 Å². The third-order valence-corrected chi connectivity index (χ3v) is 2.53. The van der Waals surface area contributed by atoms with Gasteiger partial charge >= 0.3 is 0 Å². The maximum absolute atomic E-state index is 12.0. The highest BCUT2D eigenvalue weighted by Gasteiger charge is 2.27. The Bertz CT molecular complexity index is 342. The molecule has 0 aliphatic carbocycles. The van der Waals surface area contributed by atoms with Gasteiger partial charge in [-0.05, 0) is 19.3 Å². The number of carbonyl (C=O) groups excluding carboxylic acids is 1. The molecule has 1 aliphatic heterocycles. The molecule has 0 amide bonds. The van der Waals surface area contributed by atoms with E-state index in [9.17, 15) is 4.79 Å². The Morgan fingerprint density at radius 1 is 1.73 bits per heavy atom. The molecule has 1 aromatic rings. The number of aromatic nitrogens is 3. The molecule has 1 fully saturated rings. The van der Waals surface area contributed by atoms with E-state index in [0.29, 0.717) is 12.3 Å². The molecule has 0 spiro atoms. The molecule has 5 nitrogen and oxygen atoms in total. The van der Waals surface area contributed by atoms with E-state index in [1.54, 1.807) is 4.68 Å². The normalized spacial score (nSPS) is 20.7. The van der Waals surface area contributed by atoms with Gasteiger partial charge in [0.2, 0.25) is 5.78 Å². The van der Waals surface area contributed by atoms with E-state index >= 15 is 0 Å². The zero-order valence-electron chi connectivity index (χ0n) is 8.85. The fourth-order valence-corrected chi connectivity index (χ4v) is 1.77. The molecular formula is C10H15N3O2. The first-order valence-corrected chi connectivity index (χ1v) is 5.37. The highest BCUT2D eigenvalue weighted by molar-refractivity contribution is 5.97. The van der Waals surface area contributed by atoms with Crippen molar-refractivity contribution in [3.8, 4) is 0 Å². The van der Waals surface area contributed by atoms with Crippen LogP contribution >= 0.6 is 0 Å². The predicted octanol–water partition coefficient (Wildman–Crippen LogP) is 1.05. The van der Waals surface area contributed by atoms with Crippen molar-refractivity contribution < 1.29 is 9.53 Å². The van der Waals surface area contributed by atoms with Gasteiger partial charge in [0, 0.05) is 13.2 Å². The lowest BCUT2D eigenvalue weighted by atomic mass is 10.1. The van der Waals surface area contributed by atoms with E-state index in [-0.39, 0.29) is 11.9 Å². The summed E-state index contributed by atoms with van der Waals surface area (Å²) in [5, 5.41) is 7.66. The summed E-state index contributed by atoms with van der Waals surface area (Å²) in [7, 11) is 0. The zero-order valence-corrected chi connectivity index (χ0v) is 8.85. The first-order valence-electron chi connectivity index (χ1n) is 5.37. The SMILES string of the molecule is CCCn1nncc1C(=O)C1CCCO1. The zero-order chi connectivity index (χ0) is 10.7. The van der Waals surface area contributed by atoms with Gasteiger partial charge in [0.05, 0.1) is 6.20 Å². The summed E-state index contributed by atoms with van der Waals surface area (Å²) in [5.41, 5.74) is 0.573. The summed E-state index contributed by atoms with van der Waals surface area (Å²) in [6, 6.07) is 0. The minimum Gasteiger partial charge on any atom is -0.370 e. The second-order valence-electron chi connectivity index (χ2n) is 3.71. The fraction of sp³-hybridized carbons (Fsp3) is 0.700. The predicted molar refractivity (Wildman–Crippen MR) is 53.6 cm³/mol. The van der Waals surface area contributed by atoms with Crippen LogP contribution in [0.4, 0.5) is 0 Å². The Morgan fingerprint density at radius 3 is 3.27 bits per heavy atom. The Balaban J connectivity index is 2.13. The van der Waals surface area contributed by atoms with Crippen LogP contribution in [-0.4, -0.2) is 33.5 Å². The van der Waals surface area contributed by atoms with E-state index < -0.39 is 0 Å². The average molecular weight is 209 g/mol. The molecule has 0 aromatic carbocycles. The van der Waals surface area contributed by atoms with Gasteiger partial charge in [-0.2, -0.15) is 0 Å². The summed E-state index contributed by atoms with van der Waals surface area (Å²) >= 11 is 0. The second-order valence-corrected chi connectivity index (χ2v) is 3.71. The summed E-state index contributed by atoms with van der Waals surface area (Å²) in [5.74, 6) is 0.0194. The van der Waals surface area contributed by atoms with Crippen molar-refractivity contribution in [1.29, 1.82) is 0 Å². The summed E-state index contributed by atoms with van der Waals surface area (Å²) in [6.45, 7) is 3.46. The molecule has 2 heterocycles. The summed E-state index contributed by atoms with van der Waals surface area (Å²) in [6.07, 6.45) is 3.97. The van der Waals surface area contributed by atoms with Crippen LogP contribution in [0.2, 0.25) is 0 Å². The lowest BCUT2D eigenvalue weighted by Crippen LogP contribution is -2.23. The third-order valence-electron chi connectivity index (χ3n) is 2.53. The fourth-order valence-electron chi connectivity index (χ4n) is 1.77. The number of carbonyl (C=O) groups is 1. The van der Waals surface area contributed by atoms with Crippen molar-refractivity contribution in [1.82, 2.24) is 15.0 Å². The van der Waals surface area contributed by atoms with Crippen LogP contribution in [-0.2, 0) is 11.3 Å². The van der Waals surface area contributed by atoms with Crippen molar-refractivity contribution in [2.45, 2.75) is 38.8 Å². The van der Waals surface area contributed by atoms with Gasteiger partial charge in [-0.3, -0.25) is 4.79 Å². The van der Waals surface area contributed by atoms with Crippen LogP contribution in [0, 0.1) is 0 Å². The third kappa shape index (κ3) is 2.07. The molecule has 15 heavy (non-hydrogen) atoms. The minimum absolute atomic E-state index is 0.0194. The van der Waals surface area contributed by atoms with Crippen LogP contribution in [0.5, 0.6) is 0 Å². The molecule has 1 atom stereocenters. The molecule has 5 heteroatoms. The maximum atomic E-state index is 12.0. The highest BCUT2D eigenvalue weighted by Crippen LogP contribution is 2.16. The number of hydrogen-bond acceptors (Lipinski definition) is 4. The van der Waals surface area contributed by atoms with Crippen LogP contribution in [0.25, 0.3) is 0 Å². The van der Waals surface area contributed by atoms with Crippen molar-refractivity contribution >= 4 is 5.78 Å². The van der Waals surface area contributed by atoms with Crippen molar-refractivity contribution in [2.75, 3.05) is 6.61 Å². The maximum Gasteiger partial charge on any atom is 0.211 e. The highest BCUT2D eigenvalue weighted by atomic mass is 16.5. The van der Waals surface area contributed by atoms with Gasteiger partial charge in [-0.1, -0.05) is 12.1 Å². The van der Waals surface area contributed by atoms with Gasteiger partial charge in [-0.15, -0.1) is 5.10 Å². The van der Waals surface area contributed by atoms with Crippen LogP contribution in [0.3, 0.4) is 0 Å². The molecule has 2 rings (SSSR count). The molecule has 0 bridgehead atoms. The molecule has 1 unspecified atom stereocenters. The minimum atomic E-state index is -0.279. The Morgan fingerprint density at radius 2 is 2.60 bits per heavy atom. The molecule has 82 valence electrons. The van der Waals surface area contributed by atoms with E-state index in [2.05, 4.69) is 10.3 Å². The summed E-state index contributed by atoms with van der Waals surface area (Å²) < 4.78 is 7.01. The standard InChI is InChI=1S/C10H15N3O2/c1-2-5-13-8(7-11-12-13)10(14)9-4-3-6-15-9/h7,9H,2-6H2,1H3. The van der Waals surface area contributed by atoms with Crippen LogP contribution < -0.4 is 0 Å². The molecule has 1 saturated heterocycles. The number of ether oxygens (including phenoxy) is 1. The Hall–Kier alpha value is -1.23. The first-order chi connectivity index (χ1) is 7.33. The quantitative estimate of drug-likeness (QED) is 0.695. The van der Waals surface area contributed by atoms with Gasteiger partial charge in [0.1, 0.15) is 11.8 Å². The average Bonchev–Trinajstić information content (AvgIpc) is 2.87. The van der Waals surface area contributed by atoms with Crippen molar-refractivity contribution in [3.05, 3.63) is 11.9 Å². The van der Waals surface area contributed by atoms with E-state index in [4.69, 9.17) is 4.74 Å². The smallest absolute Gasteiger partial charge is 0.211 e. The first kappa shape index (κ1) is 10.3. The Labute approximate surface area is 88.4 Å². The largest absolute Gasteiger partial charge is 0.370 e. The molecule has 0 N–H and O–H groups in total. The number of rotatable bonds is 4. The lowest BCUT2D eigenvalue weighted by Gasteiger charge is -2.08. The second kappa shape index (κ2) is 4.53. The molecule has 1 aromatic heterocycles. The summed E-state index contributed by atoms with van der Waals surface area (Å²) in [4.78, 5) is 12.0. The van der Waals surface area contributed by atoms with Gasteiger partial charge in [0.25, 0.3) is 0 Å². The van der Waals surface area contributed by atoms with Crippen LogP contribution in [0.15, 0.2) is 6.20 Å². The molecule has 0 saturated carbocycles. The van der Waals surface area contributed by atoms with E-state index in [1.807, 2.05) is 6.92 Å². The number of hydrogen-bond donors (Lipinski definition) is 0. The van der Waals surface area contributed by atoms with Gasteiger partial charge in [-0.25, -0.2) is 4.68 Å². The van der Waals surface area contributed by atoms with Gasteiger partial charge in [0.15, 0.2) is 0 Å². The lowest BCUT2D eigenvalue weighted by molar-refractivity contribution is 0.0632.